The third kappa shape index (κ3) is 4.95. The van der Waals surface area contributed by atoms with E-state index in [1.165, 1.54) is 6.07 Å². The van der Waals surface area contributed by atoms with E-state index < -0.39 is 23.8 Å². The number of carbonyl (C=O) groups is 4. The van der Waals surface area contributed by atoms with Crippen molar-refractivity contribution in [3.8, 4) is 0 Å². The van der Waals surface area contributed by atoms with Crippen molar-refractivity contribution in [1.82, 2.24) is 10.6 Å². The van der Waals surface area contributed by atoms with Gasteiger partial charge >= 0.3 is 0 Å². The lowest BCUT2D eigenvalue weighted by molar-refractivity contribution is -0.127. The quantitative estimate of drug-likeness (QED) is 0.518. The largest absolute Gasteiger partial charge is 0.343 e. The minimum atomic E-state index is -0.979. The maximum absolute atomic E-state index is 12.9. The zero-order valence-corrected chi connectivity index (χ0v) is 16.1. The van der Waals surface area contributed by atoms with Gasteiger partial charge in [-0.2, -0.15) is 0 Å². The predicted molar refractivity (Wildman–Crippen MR) is 113 cm³/mol. The molecular weight excluding hydrogens is 382 g/mol. The molecule has 3 rings (SSSR count). The highest BCUT2D eigenvalue weighted by molar-refractivity contribution is 6.14. The third-order valence-corrected chi connectivity index (χ3v) is 4.62. The summed E-state index contributed by atoms with van der Waals surface area (Å²) in [7, 11) is 0. The van der Waals surface area contributed by atoms with Gasteiger partial charge in [0.2, 0.25) is 11.8 Å². The fourth-order valence-corrected chi connectivity index (χ4v) is 3.17. The Labute approximate surface area is 173 Å². The van der Waals surface area contributed by atoms with Gasteiger partial charge in [-0.3, -0.25) is 24.5 Å². The van der Waals surface area contributed by atoms with Gasteiger partial charge in [-0.05, 0) is 28.5 Å². The summed E-state index contributed by atoms with van der Waals surface area (Å²) in [5.41, 5.74) is 6.70. The van der Waals surface area contributed by atoms with Crippen LogP contribution in [0.5, 0.6) is 0 Å². The van der Waals surface area contributed by atoms with Gasteiger partial charge in [0.15, 0.2) is 0 Å². The summed E-state index contributed by atoms with van der Waals surface area (Å²) in [5.74, 6) is -1.82. The molecule has 0 saturated heterocycles. The number of rotatable bonds is 7. The van der Waals surface area contributed by atoms with Crippen LogP contribution in [0.15, 0.2) is 66.7 Å². The first kappa shape index (κ1) is 20.9. The van der Waals surface area contributed by atoms with Crippen LogP contribution in [0.2, 0.25) is 0 Å². The van der Waals surface area contributed by atoms with Gasteiger partial charge in [0.1, 0.15) is 12.3 Å². The molecule has 0 aliphatic rings. The molecule has 0 fully saturated rings. The van der Waals surface area contributed by atoms with Crippen LogP contribution in [0.25, 0.3) is 10.8 Å². The maximum atomic E-state index is 12.9. The van der Waals surface area contributed by atoms with Crippen molar-refractivity contribution in [3.63, 3.8) is 0 Å². The summed E-state index contributed by atoms with van der Waals surface area (Å²) < 4.78 is 0. The molecule has 30 heavy (non-hydrogen) atoms. The summed E-state index contributed by atoms with van der Waals surface area (Å²) in [6, 6.07) is 18.3. The van der Waals surface area contributed by atoms with Crippen LogP contribution >= 0.6 is 0 Å². The second-order valence-electron chi connectivity index (χ2n) is 6.74. The van der Waals surface area contributed by atoms with Crippen LogP contribution in [0.3, 0.4) is 0 Å². The molecule has 0 spiro atoms. The molecule has 0 unspecified atom stereocenters. The van der Waals surface area contributed by atoms with E-state index in [-0.39, 0.29) is 18.5 Å². The molecule has 7 heteroatoms. The van der Waals surface area contributed by atoms with Crippen LogP contribution in [-0.4, -0.2) is 36.6 Å². The first-order valence-electron chi connectivity index (χ1n) is 9.38. The van der Waals surface area contributed by atoms with Crippen molar-refractivity contribution < 1.29 is 19.2 Å². The van der Waals surface area contributed by atoms with E-state index in [0.717, 1.165) is 5.56 Å². The van der Waals surface area contributed by atoms with Crippen LogP contribution in [0.1, 0.15) is 26.3 Å². The van der Waals surface area contributed by atoms with Crippen molar-refractivity contribution in [3.05, 3.63) is 83.4 Å². The zero-order valence-electron chi connectivity index (χ0n) is 16.1. The lowest BCUT2D eigenvalue weighted by Crippen LogP contribution is -2.51. The van der Waals surface area contributed by atoms with E-state index in [9.17, 15) is 19.2 Å². The van der Waals surface area contributed by atoms with Crippen LogP contribution in [0.4, 0.5) is 0 Å². The molecule has 0 aliphatic heterocycles. The highest BCUT2D eigenvalue weighted by atomic mass is 16.2. The Bertz CT molecular complexity index is 1100. The monoisotopic (exact) mass is 403 g/mol. The Hall–Kier alpha value is -3.84. The first-order valence-corrected chi connectivity index (χ1v) is 9.38. The van der Waals surface area contributed by atoms with E-state index in [4.69, 9.17) is 5.73 Å². The fourth-order valence-electron chi connectivity index (χ4n) is 3.17. The molecule has 3 aromatic rings. The van der Waals surface area contributed by atoms with Crippen LogP contribution in [-0.2, 0) is 16.0 Å². The van der Waals surface area contributed by atoms with Crippen LogP contribution < -0.4 is 16.4 Å². The average Bonchev–Trinajstić information content (AvgIpc) is 2.78. The third-order valence-electron chi connectivity index (χ3n) is 4.62. The van der Waals surface area contributed by atoms with Crippen LogP contribution in [0, 0.1) is 0 Å². The Morgan fingerprint density at radius 1 is 0.967 bits per heavy atom. The number of aldehydes is 1. The Morgan fingerprint density at radius 2 is 1.67 bits per heavy atom. The molecule has 0 radical (unpaired) electrons. The van der Waals surface area contributed by atoms with Crippen molar-refractivity contribution in [2.24, 2.45) is 5.73 Å². The van der Waals surface area contributed by atoms with Gasteiger partial charge in [-0.25, -0.2) is 0 Å². The second-order valence-corrected chi connectivity index (χ2v) is 6.74. The highest BCUT2D eigenvalue weighted by Gasteiger charge is 2.24. The molecule has 3 aromatic carbocycles. The van der Waals surface area contributed by atoms with Crippen molar-refractivity contribution >= 4 is 34.8 Å². The normalized spacial score (nSPS) is 11.5. The smallest absolute Gasteiger partial charge is 0.258 e. The number of hydrogen-bond acceptors (Lipinski definition) is 5. The molecule has 0 aromatic heterocycles. The highest BCUT2D eigenvalue weighted by Crippen LogP contribution is 2.20. The number of benzene rings is 3. The number of hydrogen-bond donors (Lipinski definition) is 3. The molecule has 152 valence electrons. The summed E-state index contributed by atoms with van der Waals surface area (Å²) >= 11 is 0. The number of amides is 3. The number of nitrogens with two attached hydrogens (primary N) is 1. The lowest BCUT2D eigenvalue weighted by Gasteiger charge is -2.18. The van der Waals surface area contributed by atoms with Crippen molar-refractivity contribution in [2.75, 3.05) is 6.54 Å². The molecular formula is C23H21N3O4. The molecule has 1 atom stereocenters. The molecule has 7 nitrogen and oxygen atoms in total. The fraction of sp³-hybridized carbons (Fsp3) is 0.130. The zero-order chi connectivity index (χ0) is 21.5. The summed E-state index contributed by atoms with van der Waals surface area (Å²) in [6.45, 7) is -0.279. The van der Waals surface area contributed by atoms with Crippen molar-refractivity contribution in [1.29, 1.82) is 0 Å². The standard InChI is InChI=1S/C23H21N3O4/c24-13-21(28)25-20(12-15-6-2-1-3-7-15)23(30)26-22(29)19-11-16(14-27)10-17-8-4-5-9-18(17)19/h1-11,14,20H,12-13,24H2,(H,25,28)(H,26,29,30)/t20-/m0/s1. The molecule has 3 amide bonds. The van der Waals surface area contributed by atoms with E-state index in [2.05, 4.69) is 10.6 Å². The molecule has 0 heterocycles. The minimum Gasteiger partial charge on any atom is -0.343 e. The van der Waals surface area contributed by atoms with E-state index in [1.807, 2.05) is 30.3 Å². The van der Waals surface area contributed by atoms with Gasteiger partial charge < -0.3 is 11.1 Å². The number of carbonyl (C=O) groups excluding carboxylic acids is 4. The molecule has 4 N–H and O–H groups in total. The Balaban J connectivity index is 1.86. The molecule has 0 aliphatic carbocycles. The second kappa shape index (κ2) is 9.58. The average molecular weight is 403 g/mol. The van der Waals surface area contributed by atoms with Gasteiger partial charge in [0.05, 0.1) is 6.54 Å². The SMILES string of the molecule is NCC(=O)N[C@@H](Cc1ccccc1)C(=O)NC(=O)c1cc(C=O)cc2ccccc12. The van der Waals surface area contributed by atoms with Gasteiger partial charge in [0.25, 0.3) is 5.91 Å². The lowest BCUT2D eigenvalue weighted by atomic mass is 10.00. The van der Waals surface area contributed by atoms with E-state index >= 15 is 0 Å². The Morgan fingerprint density at radius 3 is 2.37 bits per heavy atom. The van der Waals surface area contributed by atoms with E-state index in [1.54, 1.807) is 30.3 Å². The summed E-state index contributed by atoms with van der Waals surface area (Å²) in [5, 5.41) is 6.20. The molecule has 0 saturated carbocycles. The minimum absolute atomic E-state index is 0.195. The summed E-state index contributed by atoms with van der Waals surface area (Å²) in [4.78, 5) is 48.7. The van der Waals surface area contributed by atoms with Crippen molar-refractivity contribution in [2.45, 2.75) is 12.5 Å². The first-order chi connectivity index (χ1) is 14.5. The van der Waals surface area contributed by atoms with E-state index in [0.29, 0.717) is 22.6 Å². The number of fused-ring (bicyclic) bond motifs is 1. The predicted octanol–water partition coefficient (Wildman–Crippen LogP) is 1.59. The topological polar surface area (TPSA) is 118 Å². The number of nitrogens with one attached hydrogen (secondary N) is 2. The van der Waals surface area contributed by atoms with Gasteiger partial charge in [-0.1, -0.05) is 54.6 Å². The van der Waals surface area contributed by atoms with Gasteiger partial charge in [-0.15, -0.1) is 0 Å². The number of imide groups is 1. The Kier molecular flexibility index (Phi) is 6.67. The molecule has 0 bridgehead atoms. The summed E-state index contributed by atoms with van der Waals surface area (Å²) in [6.07, 6.45) is 0.839. The maximum Gasteiger partial charge on any atom is 0.258 e. The van der Waals surface area contributed by atoms with Gasteiger partial charge in [0, 0.05) is 17.5 Å².